The Bertz CT molecular complexity index is 764. The largest absolute Gasteiger partial charge is 0.480 e. The molecule has 0 fully saturated rings. The molecule has 1 amide bonds. The fourth-order valence-electron chi connectivity index (χ4n) is 2.20. The van der Waals surface area contributed by atoms with Gasteiger partial charge >= 0.3 is 10.8 Å². The number of carboxylic acid groups (broad SMARTS) is 1. The van der Waals surface area contributed by atoms with Crippen molar-refractivity contribution in [2.45, 2.75) is 32.9 Å². The summed E-state index contributed by atoms with van der Waals surface area (Å²) >= 11 is 1.08. The van der Waals surface area contributed by atoms with Crippen LogP contribution in [0.2, 0.25) is 0 Å². The van der Waals surface area contributed by atoms with E-state index in [-0.39, 0.29) is 17.8 Å². The SMILES string of the molecule is Cc1sc(=O)n(CC(=O)N[C@H](Cc2ccccc2)C(=O)O)c1C. The Hall–Kier alpha value is -2.41. The summed E-state index contributed by atoms with van der Waals surface area (Å²) in [6, 6.07) is 8.05. The molecule has 0 aliphatic carbocycles. The Morgan fingerprint density at radius 2 is 1.91 bits per heavy atom. The van der Waals surface area contributed by atoms with Gasteiger partial charge in [-0.1, -0.05) is 41.7 Å². The van der Waals surface area contributed by atoms with Gasteiger partial charge in [0.05, 0.1) is 0 Å². The van der Waals surface area contributed by atoms with E-state index in [9.17, 15) is 19.5 Å². The van der Waals surface area contributed by atoms with Crippen LogP contribution in [0, 0.1) is 13.8 Å². The first-order valence-electron chi connectivity index (χ1n) is 7.11. The van der Waals surface area contributed by atoms with Crippen LogP contribution in [0.25, 0.3) is 0 Å². The zero-order valence-corrected chi connectivity index (χ0v) is 13.7. The molecular weight excluding hydrogens is 316 g/mol. The van der Waals surface area contributed by atoms with E-state index in [1.807, 2.05) is 25.1 Å². The molecule has 23 heavy (non-hydrogen) atoms. The van der Waals surface area contributed by atoms with Crippen LogP contribution in [0.1, 0.15) is 16.1 Å². The summed E-state index contributed by atoms with van der Waals surface area (Å²) in [6.45, 7) is 3.40. The lowest BCUT2D eigenvalue weighted by Crippen LogP contribution is -2.44. The second-order valence-corrected chi connectivity index (χ2v) is 6.41. The molecule has 1 aromatic heterocycles. The van der Waals surface area contributed by atoms with Crippen LogP contribution in [0.15, 0.2) is 35.1 Å². The van der Waals surface area contributed by atoms with Gasteiger partial charge in [-0.15, -0.1) is 0 Å². The molecule has 0 aliphatic heterocycles. The van der Waals surface area contributed by atoms with Crippen molar-refractivity contribution < 1.29 is 14.7 Å². The van der Waals surface area contributed by atoms with Crippen LogP contribution in [0.4, 0.5) is 0 Å². The fraction of sp³-hybridized carbons (Fsp3) is 0.312. The molecule has 1 atom stereocenters. The number of thiazole rings is 1. The zero-order chi connectivity index (χ0) is 17.0. The Labute approximate surface area is 137 Å². The molecule has 2 aromatic rings. The van der Waals surface area contributed by atoms with E-state index >= 15 is 0 Å². The van der Waals surface area contributed by atoms with Crippen molar-refractivity contribution in [3.63, 3.8) is 0 Å². The summed E-state index contributed by atoms with van der Waals surface area (Å²) in [7, 11) is 0. The highest BCUT2D eigenvalue weighted by Gasteiger charge is 2.21. The predicted molar refractivity (Wildman–Crippen MR) is 87.8 cm³/mol. The summed E-state index contributed by atoms with van der Waals surface area (Å²) in [6.07, 6.45) is 0.193. The van der Waals surface area contributed by atoms with E-state index in [2.05, 4.69) is 5.32 Å². The molecule has 0 saturated carbocycles. The molecule has 2 N–H and O–H groups in total. The highest BCUT2D eigenvalue weighted by Crippen LogP contribution is 2.09. The number of aliphatic carboxylic acids is 1. The quantitative estimate of drug-likeness (QED) is 0.834. The number of hydrogen-bond acceptors (Lipinski definition) is 4. The normalized spacial score (nSPS) is 11.9. The zero-order valence-electron chi connectivity index (χ0n) is 12.9. The summed E-state index contributed by atoms with van der Waals surface area (Å²) in [5.74, 6) is -1.59. The standard InChI is InChI=1S/C16H18N2O4S/c1-10-11(2)23-16(22)18(10)9-14(19)17-13(15(20)21)8-12-6-4-3-5-7-12/h3-7,13H,8-9H2,1-2H3,(H,17,19)(H,20,21)/t13-/m1/s1. The molecule has 0 spiro atoms. The third kappa shape index (κ3) is 4.29. The van der Waals surface area contributed by atoms with Gasteiger partial charge in [0.1, 0.15) is 12.6 Å². The van der Waals surface area contributed by atoms with E-state index in [4.69, 9.17) is 0 Å². The molecule has 0 unspecified atom stereocenters. The molecule has 0 aliphatic rings. The van der Waals surface area contributed by atoms with Crippen LogP contribution >= 0.6 is 11.3 Å². The number of carboxylic acids is 1. The van der Waals surface area contributed by atoms with Gasteiger partial charge in [0.25, 0.3) is 0 Å². The Balaban J connectivity index is 2.06. The van der Waals surface area contributed by atoms with Gasteiger partial charge in [-0.2, -0.15) is 0 Å². The van der Waals surface area contributed by atoms with E-state index in [0.29, 0.717) is 0 Å². The van der Waals surface area contributed by atoms with Crippen LogP contribution < -0.4 is 10.2 Å². The number of aromatic nitrogens is 1. The average molecular weight is 334 g/mol. The second-order valence-electron chi connectivity index (χ2n) is 5.24. The fourth-order valence-corrected chi connectivity index (χ4v) is 3.03. The number of rotatable bonds is 6. The number of benzene rings is 1. The minimum absolute atomic E-state index is 0.173. The van der Waals surface area contributed by atoms with Crippen molar-refractivity contribution in [1.82, 2.24) is 9.88 Å². The number of carbonyl (C=O) groups excluding carboxylic acids is 1. The summed E-state index contributed by atoms with van der Waals surface area (Å²) < 4.78 is 1.36. The summed E-state index contributed by atoms with van der Waals surface area (Å²) in [5.41, 5.74) is 1.55. The molecule has 0 bridgehead atoms. The molecule has 1 heterocycles. The maximum Gasteiger partial charge on any atom is 0.326 e. The first kappa shape index (κ1) is 17.0. The molecule has 7 heteroatoms. The van der Waals surface area contributed by atoms with E-state index in [0.717, 1.165) is 27.5 Å². The number of nitrogens with one attached hydrogen (secondary N) is 1. The van der Waals surface area contributed by atoms with Crippen LogP contribution in [-0.4, -0.2) is 27.6 Å². The van der Waals surface area contributed by atoms with Gasteiger partial charge in [0.15, 0.2) is 0 Å². The average Bonchev–Trinajstić information content (AvgIpc) is 2.74. The third-order valence-electron chi connectivity index (χ3n) is 3.59. The van der Waals surface area contributed by atoms with Crippen LogP contribution in [-0.2, 0) is 22.6 Å². The molecule has 0 saturated heterocycles. The first-order chi connectivity index (χ1) is 10.9. The van der Waals surface area contributed by atoms with Gasteiger partial charge in [0.2, 0.25) is 5.91 Å². The van der Waals surface area contributed by atoms with Gasteiger partial charge < -0.3 is 10.4 Å². The van der Waals surface area contributed by atoms with Crippen molar-refractivity contribution in [2.75, 3.05) is 0 Å². The maximum atomic E-state index is 12.1. The first-order valence-corrected chi connectivity index (χ1v) is 7.93. The Morgan fingerprint density at radius 3 is 2.43 bits per heavy atom. The maximum absolute atomic E-state index is 12.1. The lowest BCUT2D eigenvalue weighted by Gasteiger charge is -2.15. The Morgan fingerprint density at radius 1 is 1.26 bits per heavy atom. The summed E-state index contributed by atoms with van der Waals surface area (Å²) in [4.78, 5) is 35.9. The van der Waals surface area contributed by atoms with E-state index in [1.54, 1.807) is 19.1 Å². The number of nitrogens with zero attached hydrogens (tertiary/aromatic N) is 1. The van der Waals surface area contributed by atoms with Gasteiger partial charge in [-0.3, -0.25) is 14.2 Å². The van der Waals surface area contributed by atoms with Gasteiger partial charge in [0, 0.05) is 17.0 Å². The van der Waals surface area contributed by atoms with Crippen LogP contribution in [0.3, 0.4) is 0 Å². The number of amides is 1. The minimum atomic E-state index is -1.10. The smallest absolute Gasteiger partial charge is 0.326 e. The van der Waals surface area contributed by atoms with E-state index in [1.165, 1.54) is 4.57 Å². The Kier molecular flexibility index (Phi) is 5.33. The highest BCUT2D eigenvalue weighted by atomic mass is 32.1. The van der Waals surface area contributed by atoms with E-state index < -0.39 is 17.9 Å². The third-order valence-corrected chi connectivity index (χ3v) is 4.59. The molecule has 1 aromatic carbocycles. The molecule has 122 valence electrons. The van der Waals surface area contributed by atoms with Crippen molar-refractivity contribution in [2.24, 2.45) is 0 Å². The number of carbonyl (C=O) groups is 2. The van der Waals surface area contributed by atoms with Crippen LogP contribution in [0.5, 0.6) is 0 Å². The van der Waals surface area contributed by atoms with Crippen molar-refractivity contribution in [3.05, 3.63) is 56.1 Å². The monoisotopic (exact) mass is 334 g/mol. The topological polar surface area (TPSA) is 88.4 Å². The summed E-state index contributed by atoms with van der Waals surface area (Å²) in [5, 5.41) is 11.8. The second kappa shape index (κ2) is 7.23. The molecule has 2 rings (SSSR count). The minimum Gasteiger partial charge on any atom is -0.480 e. The molecule has 0 radical (unpaired) electrons. The predicted octanol–water partition coefficient (Wildman–Crippen LogP) is 1.34. The van der Waals surface area contributed by atoms with Crippen molar-refractivity contribution in [1.29, 1.82) is 0 Å². The number of hydrogen-bond donors (Lipinski definition) is 2. The lowest BCUT2D eigenvalue weighted by molar-refractivity contribution is -0.141. The highest BCUT2D eigenvalue weighted by molar-refractivity contribution is 7.09. The molecule has 6 nitrogen and oxygen atoms in total. The van der Waals surface area contributed by atoms with Crippen molar-refractivity contribution in [3.8, 4) is 0 Å². The molecular formula is C16H18N2O4S. The van der Waals surface area contributed by atoms with Crippen molar-refractivity contribution >= 4 is 23.2 Å². The lowest BCUT2D eigenvalue weighted by atomic mass is 10.1. The van der Waals surface area contributed by atoms with Gasteiger partial charge in [-0.25, -0.2) is 4.79 Å². The van der Waals surface area contributed by atoms with Gasteiger partial charge in [-0.05, 0) is 19.4 Å². The number of aryl methyl sites for hydroxylation is 1.